The van der Waals surface area contributed by atoms with Crippen LogP contribution in [0.4, 0.5) is 0 Å². The van der Waals surface area contributed by atoms with Crippen molar-refractivity contribution in [2.24, 2.45) is 0 Å². The van der Waals surface area contributed by atoms with Gasteiger partial charge in [-0.1, -0.05) is 6.07 Å². The summed E-state index contributed by atoms with van der Waals surface area (Å²) in [6.07, 6.45) is 0.438. The molecule has 0 saturated carbocycles. The lowest BCUT2D eigenvalue weighted by atomic mass is 10.1. The number of likely N-dealkylation sites (N-methyl/N-ethyl adjacent to an activating group) is 1. The molecule has 0 aliphatic rings. The summed E-state index contributed by atoms with van der Waals surface area (Å²) in [5.74, 6) is 0.0773. The van der Waals surface area contributed by atoms with E-state index in [1.54, 1.807) is 0 Å². The molecule has 0 aliphatic heterocycles. The van der Waals surface area contributed by atoms with Gasteiger partial charge >= 0.3 is 0 Å². The number of rotatable bonds is 5. The van der Waals surface area contributed by atoms with Gasteiger partial charge in [-0.3, -0.25) is 4.79 Å². The maximum atomic E-state index is 11.8. The highest BCUT2D eigenvalue weighted by atomic mass is 16.1. The molecular formula is C15H21N3O. The molecule has 1 heterocycles. The lowest BCUT2D eigenvalue weighted by Crippen LogP contribution is -2.32. The van der Waals surface area contributed by atoms with Crippen molar-refractivity contribution in [2.45, 2.75) is 13.3 Å². The Labute approximate surface area is 113 Å². The molecule has 0 atom stereocenters. The summed E-state index contributed by atoms with van der Waals surface area (Å²) in [5, 5.41) is 4.09. The molecule has 4 heteroatoms. The zero-order valence-corrected chi connectivity index (χ0v) is 11.8. The second kappa shape index (κ2) is 5.89. The summed E-state index contributed by atoms with van der Waals surface area (Å²) in [5.41, 5.74) is 3.31. The van der Waals surface area contributed by atoms with E-state index in [0.717, 1.165) is 28.7 Å². The fraction of sp³-hybridized carbons (Fsp3) is 0.400. The number of nitrogens with one attached hydrogen (secondary N) is 2. The van der Waals surface area contributed by atoms with Crippen molar-refractivity contribution < 1.29 is 4.79 Å². The molecule has 0 fully saturated rings. The van der Waals surface area contributed by atoms with E-state index >= 15 is 0 Å². The number of fused-ring (bicyclic) bond motifs is 1. The normalized spacial score (nSPS) is 11.2. The lowest BCUT2D eigenvalue weighted by Gasteiger charge is -2.10. The molecule has 0 unspecified atom stereocenters. The topological polar surface area (TPSA) is 48.1 Å². The number of H-pyrrole nitrogens is 1. The molecule has 1 aromatic carbocycles. The van der Waals surface area contributed by atoms with Crippen LogP contribution >= 0.6 is 0 Å². The first-order valence-electron chi connectivity index (χ1n) is 6.54. The van der Waals surface area contributed by atoms with E-state index in [0.29, 0.717) is 13.0 Å². The Bertz CT molecular complexity index is 572. The third-order valence-electron chi connectivity index (χ3n) is 3.07. The number of hydrogen-bond acceptors (Lipinski definition) is 2. The Kier molecular flexibility index (Phi) is 4.22. The molecule has 4 nitrogen and oxygen atoms in total. The fourth-order valence-corrected chi connectivity index (χ4v) is 2.10. The molecule has 0 spiro atoms. The van der Waals surface area contributed by atoms with Crippen molar-refractivity contribution in [2.75, 3.05) is 27.2 Å². The highest BCUT2D eigenvalue weighted by molar-refractivity contribution is 5.84. The van der Waals surface area contributed by atoms with Gasteiger partial charge in [0.25, 0.3) is 0 Å². The Hall–Kier alpha value is -1.81. The number of carbonyl (C=O) groups is 1. The predicted molar refractivity (Wildman–Crippen MR) is 78.3 cm³/mol. The molecule has 0 aliphatic carbocycles. The highest BCUT2D eigenvalue weighted by Crippen LogP contribution is 2.17. The predicted octanol–water partition coefficient (Wildman–Crippen LogP) is 1.70. The van der Waals surface area contributed by atoms with Gasteiger partial charge in [-0.2, -0.15) is 0 Å². The van der Waals surface area contributed by atoms with Crippen LogP contribution in [0.15, 0.2) is 24.3 Å². The molecule has 2 aromatic rings. The number of aryl methyl sites for hydroxylation is 1. The Morgan fingerprint density at radius 1 is 1.32 bits per heavy atom. The van der Waals surface area contributed by atoms with Crippen molar-refractivity contribution in [1.82, 2.24) is 15.2 Å². The van der Waals surface area contributed by atoms with Crippen LogP contribution in [0, 0.1) is 6.92 Å². The van der Waals surface area contributed by atoms with Gasteiger partial charge in [0.05, 0.1) is 6.42 Å². The number of amides is 1. The molecule has 2 rings (SSSR count). The van der Waals surface area contributed by atoms with Crippen molar-refractivity contribution in [3.05, 3.63) is 35.5 Å². The SMILES string of the molecule is Cc1cc2cc(CC(=O)NCCN(C)C)ccc2[nH]1. The van der Waals surface area contributed by atoms with Gasteiger partial charge in [0, 0.05) is 24.3 Å². The van der Waals surface area contributed by atoms with E-state index in [2.05, 4.69) is 27.3 Å². The number of aromatic nitrogens is 1. The van der Waals surface area contributed by atoms with Gasteiger partial charge in [-0.15, -0.1) is 0 Å². The first-order chi connectivity index (χ1) is 9.04. The molecule has 102 valence electrons. The third-order valence-corrected chi connectivity index (χ3v) is 3.07. The Balaban J connectivity index is 1.95. The second-order valence-corrected chi connectivity index (χ2v) is 5.20. The van der Waals surface area contributed by atoms with E-state index in [4.69, 9.17) is 0 Å². The first-order valence-corrected chi connectivity index (χ1v) is 6.54. The molecule has 2 N–H and O–H groups in total. The lowest BCUT2D eigenvalue weighted by molar-refractivity contribution is -0.120. The highest BCUT2D eigenvalue weighted by Gasteiger charge is 2.05. The van der Waals surface area contributed by atoms with E-state index in [1.807, 2.05) is 33.2 Å². The minimum absolute atomic E-state index is 0.0773. The van der Waals surface area contributed by atoms with Crippen LogP contribution in [0.5, 0.6) is 0 Å². The largest absolute Gasteiger partial charge is 0.359 e. The first kappa shape index (κ1) is 13.6. The minimum Gasteiger partial charge on any atom is -0.359 e. The van der Waals surface area contributed by atoms with E-state index in [9.17, 15) is 4.79 Å². The average Bonchev–Trinajstić information content (AvgIpc) is 2.67. The monoisotopic (exact) mass is 259 g/mol. The van der Waals surface area contributed by atoms with Crippen LogP contribution in [-0.2, 0) is 11.2 Å². The van der Waals surface area contributed by atoms with Crippen LogP contribution in [0.1, 0.15) is 11.3 Å². The Morgan fingerprint density at radius 2 is 2.11 bits per heavy atom. The number of carbonyl (C=O) groups excluding carboxylic acids is 1. The zero-order valence-electron chi connectivity index (χ0n) is 11.8. The zero-order chi connectivity index (χ0) is 13.8. The molecule has 1 aromatic heterocycles. The number of aromatic amines is 1. The Morgan fingerprint density at radius 3 is 2.84 bits per heavy atom. The number of benzene rings is 1. The second-order valence-electron chi connectivity index (χ2n) is 5.20. The van der Waals surface area contributed by atoms with Gasteiger partial charge in [-0.25, -0.2) is 0 Å². The van der Waals surface area contributed by atoms with Crippen LogP contribution in [0.3, 0.4) is 0 Å². The average molecular weight is 259 g/mol. The molecule has 0 saturated heterocycles. The molecule has 19 heavy (non-hydrogen) atoms. The summed E-state index contributed by atoms with van der Waals surface area (Å²) in [4.78, 5) is 17.1. The van der Waals surface area contributed by atoms with Gasteiger partial charge in [-0.05, 0) is 50.2 Å². The van der Waals surface area contributed by atoms with E-state index in [1.165, 1.54) is 0 Å². The molecule has 0 bridgehead atoms. The standard InChI is InChI=1S/C15H21N3O/c1-11-8-13-9-12(4-5-14(13)17-11)10-15(19)16-6-7-18(2)3/h4-5,8-9,17H,6-7,10H2,1-3H3,(H,16,19). The maximum Gasteiger partial charge on any atom is 0.224 e. The van der Waals surface area contributed by atoms with Crippen LogP contribution < -0.4 is 5.32 Å². The fourth-order valence-electron chi connectivity index (χ4n) is 2.10. The molecular weight excluding hydrogens is 238 g/mol. The van der Waals surface area contributed by atoms with E-state index in [-0.39, 0.29) is 5.91 Å². The molecule has 0 radical (unpaired) electrons. The van der Waals surface area contributed by atoms with Crippen molar-refractivity contribution in [3.63, 3.8) is 0 Å². The summed E-state index contributed by atoms with van der Waals surface area (Å²) in [7, 11) is 3.99. The van der Waals surface area contributed by atoms with Gasteiger partial charge in [0.2, 0.25) is 5.91 Å². The summed E-state index contributed by atoms with van der Waals surface area (Å²) < 4.78 is 0. The summed E-state index contributed by atoms with van der Waals surface area (Å²) in [6, 6.07) is 8.21. The maximum absolute atomic E-state index is 11.8. The third kappa shape index (κ3) is 3.83. The van der Waals surface area contributed by atoms with E-state index < -0.39 is 0 Å². The smallest absolute Gasteiger partial charge is 0.224 e. The van der Waals surface area contributed by atoms with Crippen LogP contribution in [0.25, 0.3) is 10.9 Å². The minimum atomic E-state index is 0.0773. The van der Waals surface area contributed by atoms with Crippen molar-refractivity contribution >= 4 is 16.8 Å². The molecule has 1 amide bonds. The van der Waals surface area contributed by atoms with Gasteiger partial charge in [0.1, 0.15) is 0 Å². The van der Waals surface area contributed by atoms with Crippen molar-refractivity contribution in [1.29, 1.82) is 0 Å². The summed E-state index contributed by atoms with van der Waals surface area (Å²) in [6.45, 7) is 3.59. The van der Waals surface area contributed by atoms with Crippen molar-refractivity contribution in [3.8, 4) is 0 Å². The number of nitrogens with zero attached hydrogens (tertiary/aromatic N) is 1. The van der Waals surface area contributed by atoms with Crippen LogP contribution in [0.2, 0.25) is 0 Å². The van der Waals surface area contributed by atoms with Gasteiger partial charge < -0.3 is 15.2 Å². The quantitative estimate of drug-likeness (QED) is 0.858. The number of hydrogen-bond donors (Lipinski definition) is 2. The van der Waals surface area contributed by atoms with Crippen LogP contribution in [-0.4, -0.2) is 43.0 Å². The summed E-state index contributed by atoms with van der Waals surface area (Å²) >= 11 is 0. The van der Waals surface area contributed by atoms with Gasteiger partial charge in [0.15, 0.2) is 0 Å².